The van der Waals surface area contributed by atoms with E-state index in [-0.39, 0.29) is 0 Å². The molecule has 0 amide bonds. The lowest BCUT2D eigenvalue weighted by atomic mass is 10.2. The van der Waals surface area contributed by atoms with Crippen LogP contribution in [0.1, 0.15) is 33.1 Å². The van der Waals surface area contributed by atoms with Gasteiger partial charge in [0.05, 0.1) is 13.2 Å². The maximum Gasteiger partial charge on any atom is 0.175 e. The number of unbranched alkanes of at least 4 members (excludes halogenated alkanes) is 2. The van der Waals surface area contributed by atoms with Gasteiger partial charge in [0.2, 0.25) is 0 Å². The summed E-state index contributed by atoms with van der Waals surface area (Å²) in [5.74, 6) is -0.926. The zero-order valence-corrected chi connectivity index (χ0v) is 8.75. The van der Waals surface area contributed by atoms with Crippen LogP contribution in [0.2, 0.25) is 0 Å². The normalized spacial score (nSPS) is 30.7. The Balaban J connectivity index is 2.19. The van der Waals surface area contributed by atoms with Gasteiger partial charge in [-0.2, -0.15) is 0 Å². The van der Waals surface area contributed by atoms with Crippen LogP contribution in [0.15, 0.2) is 0 Å². The average Bonchev–Trinajstić information content (AvgIpc) is 2.03. The number of ether oxygens (including phenoxy) is 1. The largest absolute Gasteiger partial charge is 0.365 e. The molecule has 1 saturated heterocycles. The third-order valence-corrected chi connectivity index (χ3v) is 2.42. The molecule has 1 aliphatic rings. The number of rotatable bonds is 4. The standard InChI is InChI=1S/C10H21NO2/c1-3-4-5-6-11-7-8-13-10(2,12)9-11/h12H,3-9H2,1-2H3. The molecule has 1 aliphatic heterocycles. The van der Waals surface area contributed by atoms with Crippen molar-refractivity contribution in [1.82, 2.24) is 4.90 Å². The molecular formula is C10H21NO2. The summed E-state index contributed by atoms with van der Waals surface area (Å²) in [5, 5.41) is 9.64. The van der Waals surface area contributed by atoms with Crippen LogP contribution in [0.4, 0.5) is 0 Å². The molecule has 1 heterocycles. The molecule has 1 fully saturated rings. The Labute approximate surface area is 80.7 Å². The molecule has 1 atom stereocenters. The van der Waals surface area contributed by atoms with Crippen LogP contribution in [0.5, 0.6) is 0 Å². The lowest BCUT2D eigenvalue weighted by Crippen LogP contribution is -2.50. The molecule has 1 rings (SSSR count). The zero-order valence-electron chi connectivity index (χ0n) is 8.75. The summed E-state index contributed by atoms with van der Waals surface area (Å²) in [7, 11) is 0. The Kier molecular flexibility index (Phi) is 4.16. The summed E-state index contributed by atoms with van der Waals surface area (Å²) in [6.45, 7) is 7.29. The third-order valence-electron chi connectivity index (χ3n) is 2.42. The molecule has 0 bridgehead atoms. The molecule has 0 aromatic heterocycles. The average molecular weight is 187 g/mol. The SMILES string of the molecule is CCCCCN1CCOC(C)(O)C1. The monoisotopic (exact) mass is 187 g/mol. The van der Waals surface area contributed by atoms with Crippen molar-refractivity contribution in [3.8, 4) is 0 Å². The molecule has 0 aliphatic carbocycles. The topological polar surface area (TPSA) is 32.7 Å². The second-order valence-electron chi connectivity index (χ2n) is 4.01. The fraction of sp³-hybridized carbons (Fsp3) is 1.00. The van der Waals surface area contributed by atoms with Crippen LogP contribution in [-0.4, -0.2) is 42.0 Å². The van der Waals surface area contributed by atoms with Crippen LogP contribution in [-0.2, 0) is 4.74 Å². The van der Waals surface area contributed by atoms with E-state index in [1.807, 2.05) is 0 Å². The highest BCUT2D eigenvalue weighted by atomic mass is 16.6. The Morgan fingerprint density at radius 1 is 1.46 bits per heavy atom. The quantitative estimate of drug-likeness (QED) is 0.672. The fourth-order valence-electron chi connectivity index (χ4n) is 1.71. The summed E-state index contributed by atoms with van der Waals surface area (Å²) < 4.78 is 5.22. The van der Waals surface area contributed by atoms with E-state index in [0.717, 1.165) is 13.1 Å². The Bertz CT molecular complexity index is 148. The molecule has 0 aromatic rings. The fourth-order valence-corrected chi connectivity index (χ4v) is 1.71. The van der Waals surface area contributed by atoms with E-state index >= 15 is 0 Å². The predicted octanol–water partition coefficient (Wildman–Crippen LogP) is 1.22. The first kappa shape index (κ1) is 11.0. The first-order chi connectivity index (χ1) is 6.14. The van der Waals surface area contributed by atoms with Crippen LogP contribution in [0, 0.1) is 0 Å². The van der Waals surface area contributed by atoms with Crippen molar-refractivity contribution in [1.29, 1.82) is 0 Å². The van der Waals surface area contributed by atoms with Crippen molar-refractivity contribution in [2.24, 2.45) is 0 Å². The number of β-amino-alcohol motifs (C(OH)–C–C–N with tert-alkyl or cyclic N) is 1. The smallest absolute Gasteiger partial charge is 0.175 e. The number of morpholine rings is 1. The van der Waals surface area contributed by atoms with Crippen molar-refractivity contribution in [2.45, 2.75) is 38.9 Å². The first-order valence-corrected chi connectivity index (χ1v) is 5.23. The van der Waals surface area contributed by atoms with E-state index in [0.29, 0.717) is 13.2 Å². The van der Waals surface area contributed by atoms with E-state index in [2.05, 4.69) is 11.8 Å². The van der Waals surface area contributed by atoms with Crippen LogP contribution < -0.4 is 0 Å². The Morgan fingerprint density at radius 3 is 2.85 bits per heavy atom. The minimum atomic E-state index is -0.926. The highest BCUT2D eigenvalue weighted by Crippen LogP contribution is 2.14. The molecule has 0 spiro atoms. The highest BCUT2D eigenvalue weighted by molar-refractivity contribution is 4.73. The molecule has 13 heavy (non-hydrogen) atoms. The number of hydrogen-bond acceptors (Lipinski definition) is 3. The van der Waals surface area contributed by atoms with Gasteiger partial charge in [-0.1, -0.05) is 19.8 Å². The summed E-state index contributed by atoms with van der Waals surface area (Å²) >= 11 is 0. The van der Waals surface area contributed by atoms with Crippen molar-refractivity contribution in [3.05, 3.63) is 0 Å². The van der Waals surface area contributed by atoms with E-state index < -0.39 is 5.79 Å². The van der Waals surface area contributed by atoms with Crippen LogP contribution in [0.25, 0.3) is 0 Å². The molecule has 0 radical (unpaired) electrons. The van der Waals surface area contributed by atoms with Gasteiger partial charge < -0.3 is 9.84 Å². The van der Waals surface area contributed by atoms with Gasteiger partial charge in [0, 0.05) is 6.54 Å². The minimum absolute atomic E-state index is 0.650. The number of hydrogen-bond donors (Lipinski definition) is 1. The molecule has 3 nitrogen and oxygen atoms in total. The van der Waals surface area contributed by atoms with E-state index in [1.54, 1.807) is 6.92 Å². The van der Waals surface area contributed by atoms with Gasteiger partial charge >= 0.3 is 0 Å². The van der Waals surface area contributed by atoms with Gasteiger partial charge in [0.1, 0.15) is 0 Å². The molecule has 1 unspecified atom stereocenters. The maximum atomic E-state index is 9.64. The molecule has 78 valence electrons. The van der Waals surface area contributed by atoms with Gasteiger partial charge in [0.15, 0.2) is 5.79 Å². The van der Waals surface area contributed by atoms with E-state index in [1.165, 1.54) is 19.3 Å². The van der Waals surface area contributed by atoms with Gasteiger partial charge in [-0.15, -0.1) is 0 Å². The molecule has 1 N–H and O–H groups in total. The lowest BCUT2D eigenvalue weighted by molar-refractivity contribution is -0.226. The van der Waals surface area contributed by atoms with E-state index in [9.17, 15) is 5.11 Å². The number of aliphatic hydroxyl groups is 1. The number of nitrogens with zero attached hydrogens (tertiary/aromatic N) is 1. The summed E-state index contributed by atoms with van der Waals surface area (Å²) in [6.07, 6.45) is 3.76. The minimum Gasteiger partial charge on any atom is -0.365 e. The van der Waals surface area contributed by atoms with Crippen molar-refractivity contribution in [3.63, 3.8) is 0 Å². The molecule has 3 heteroatoms. The molecule has 0 aromatic carbocycles. The summed E-state index contributed by atoms with van der Waals surface area (Å²) in [4.78, 5) is 2.28. The third kappa shape index (κ3) is 4.07. The second kappa shape index (κ2) is 4.94. The zero-order chi connectivity index (χ0) is 9.73. The summed E-state index contributed by atoms with van der Waals surface area (Å²) in [5.41, 5.74) is 0. The van der Waals surface area contributed by atoms with Crippen LogP contribution >= 0.6 is 0 Å². The first-order valence-electron chi connectivity index (χ1n) is 5.23. The Hall–Kier alpha value is -0.120. The molecular weight excluding hydrogens is 166 g/mol. The van der Waals surface area contributed by atoms with Crippen molar-refractivity contribution in [2.75, 3.05) is 26.2 Å². The highest BCUT2D eigenvalue weighted by Gasteiger charge is 2.28. The predicted molar refractivity (Wildman–Crippen MR) is 52.5 cm³/mol. The van der Waals surface area contributed by atoms with Gasteiger partial charge in [-0.3, -0.25) is 4.90 Å². The van der Waals surface area contributed by atoms with Crippen molar-refractivity contribution < 1.29 is 9.84 Å². The van der Waals surface area contributed by atoms with Crippen LogP contribution in [0.3, 0.4) is 0 Å². The Morgan fingerprint density at radius 2 is 2.23 bits per heavy atom. The van der Waals surface area contributed by atoms with Gasteiger partial charge in [0.25, 0.3) is 0 Å². The molecule has 0 saturated carbocycles. The second-order valence-corrected chi connectivity index (χ2v) is 4.01. The lowest BCUT2D eigenvalue weighted by Gasteiger charge is -2.36. The van der Waals surface area contributed by atoms with Crippen molar-refractivity contribution >= 4 is 0 Å². The van der Waals surface area contributed by atoms with Gasteiger partial charge in [-0.05, 0) is 19.9 Å². The van der Waals surface area contributed by atoms with Gasteiger partial charge in [-0.25, -0.2) is 0 Å². The summed E-state index contributed by atoms with van der Waals surface area (Å²) in [6, 6.07) is 0. The maximum absolute atomic E-state index is 9.64. The van der Waals surface area contributed by atoms with E-state index in [4.69, 9.17) is 4.74 Å².